The van der Waals surface area contributed by atoms with E-state index in [0.717, 1.165) is 29.9 Å². The lowest BCUT2D eigenvalue weighted by atomic mass is 10.4. The van der Waals surface area contributed by atoms with Crippen LogP contribution < -0.4 is 5.32 Å². The highest BCUT2D eigenvalue weighted by atomic mass is 15.2. The molecule has 2 heterocycles. The van der Waals surface area contributed by atoms with Crippen LogP contribution in [0.5, 0.6) is 0 Å². The van der Waals surface area contributed by atoms with Gasteiger partial charge in [-0.3, -0.25) is 0 Å². The molecule has 0 atom stereocenters. The zero-order valence-corrected chi connectivity index (χ0v) is 9.28. The van der Waals surface area contributed by atoms with Gasteiger partial charge in [-0.05, 0) is 20.8 Å². The molecule has 0 unspecified atom stereocenters. The fourth-order valence-corrected chi connectivity index (χ4v) is 1.55. The summed E-state index contributed by atoms with van der Waals surface area (Å²) in [5.41, 5.74) is 2.71. The monoisotopic (exact) mass is 205 g/mol. The fourth-order valence-electron chi connectivity index (χ4n) is 1.55. The third kappa shape index (κ3) is 1.65. The van der Waals surface area contributed by atoms with Crippen molar-refractivity contribution in [2.24, 2.45) is 0 Å². The number of aryl methyl sites for hydroxylation is 2. The highest BCUT2D eigenvalue weighted by Gasteiger charge is 2.08. The van der Waals surface area contributed by atoms with Crippen LogP contribution in [-0.4, -0.2) is 26.1 Å². The summed E-state index contributed by atoms with van der Waals surface area (Å²) in [7, 11) is 0. The van der Waals surface area contributed by atoms with Gasteiger partial charge >= 0.3 is 0 Å². The smallest absolute Gasteiger partial charge is 0.225 e. The largest absolute Gasteiger partial charge is 0.354 e. The SMILES string of the molecule is CCNc1nc(C)c2ncn(CC)c2n1. The molecule has 0 aliphatic heterocycles. The van der Waals surface area contributed by atoms with Gasteiger partial charge in [-0.2, -0.15) is 4.98 Å². The minimum atomic E-state index is 0.678. The molecule has 0 aliphatic rings. The van der Waals surface area contributed by atoms with Crippen molar-refractivity contribution in [2.75, 3.05) is 11.9 Å². The Morgan fingerprint density at radius 3 is 2.80 bits per heavy atom. The number of aromatic nitrogens is 4. The van der Waals surface area contributed by atoms with Crippen molar-refractivity contribution in [3.8, 4) is 0 Å². The van der Waals surface area contributed by atoms with E-state index in [1.807, 2.05) is 24.7 Å². The molecule has 0 radical (unpaired) electrons. The van der Waals surface area contributed by atoms with Gasteiger partial charge in [0.05, 0.1) is 12.0 Å². The first-order valence-corrected chi connectivity index (χ1v) is 5.19. The molecule has 2 aromatic rings. The summed E-state index contributed by atoms with van der Waals surface area (Å²) in [5, 5.41) is 3.12. The highest BCUT2D eigenvalue weighted by molar-refractivity contribution is 5.74. The minimum absolute atomic E-state index is 0.678. The molecule has 0 spiro atoms. The molecule has 0 amide bonds. The van der Waals surface area contributed by atoms with Crippen molar-refractivity contribution in [3.63, 3.8) is 0 Å². The van der Waals surface area contributed by atoms with Crippen LogP contribution in [0.15, 0.2) is 6.33 Å². The van der Waals surface area contributed by atoms with Gasteiger partial charge in [-0.15, -0.1) is 0 Å². The molecule has 5 nitrogen and oxygen atoms in total. The minimum Gasteiger partial charge on any atom is -0.354 e. The molecular formula is C10H15N5. The van der Waals surface area contributed by atoms with Crippen molar-refractivity contribution < 1.29 is 0 Å². The number of hydrogen-bond acceptors (Lipinski definition) is 4. The van der Waals surface area contributed by atoms with Crippen LogP contribution in [0, 0.1) is 6.92 Å². The van der Waals surface area contributed by atoms with Gasteiger partial charge < -0.3 is 9.88 Å². The molecule has 5 heteroatoms. The summed E-state index contributed by atoms with van der Waals surface area (Å²) in [5.74, 6) is 0.678. The highest BCUT2D eigenvalue weighted by Crippen LogP contribution is 2.15. The van der Waals surface area contributed by atoms with Crippen molar-refractivity contribution in [2.45, 2.75) is 27.3 Å². The zero-order valence-electron chi connectivity index (χ0n) is 9.28. The normalized spacial score (nSPS) is 10.9. The molecular weight excluding hydrogens is 190 g/mol. The number of imidazole rings is 1. The van der Waals surface area contributed by atoms with E-state index in [0.29, 0.717) is 5.95 Å². The van der Waals surface area contributed by atoms with Crippen molar-refractivity contribution in [1.82, 2.24) is 19.5 Å². The summed E-state index contributed by atoms with van der Waals surface area (Å²) in [6.07, 6.45) is 1.81. The van der Waals surface area contributed by atoms with Gasteiger partial charge in [0.15, 0.2) is 5.65 Å². The Kier molecular flexibility index (Phi) is 2.53. The zero-order chi connectivity index (χ0) is 10.8. The van der Waals surface area contributed by atoms with E-state index in [1.165, 1.54) is 0 Å². The Hall–Kier alpha value is -1.65. The quantitative estimate of drug-likeness (QED) is 0.826. The molecule has 1 N–H and O–H groups in total. The van der Waals surface area contributed by atoms with Gasteiger partial charge in [0.1, 0.15) is 5.52 Å². The van der Waals surface area contributed by atoms with E-state index in [-0.39, 0.29) is 0 Å². The van der Waals surface area contributed by atoms with Gasteiger partial charge in [0, 0.05) is 13.1 Å². The van der Waals surface area contributed by atoms with Gasteiger partial charge in [-0.1, -0.05) is 0 Å². The lowest BCUT2D eigenvalue weighted by Gasteiger charge is -2.04. The molecule has 0 saturated heterocycles. The van der Waals surface area contributed by atoms with Crippen LogP contribution in [0.4, 0.5) is 5.95 Å². The second kappa shape index (κ2) is 3.84. The summed E-state index contributed by atoms with van der Waals surface area (Å²) < 4.78 is 2.02. The van der Waals surface area contributed by atoms with Gasteiger partial charge in [0.2, 0.25) is 5.95 Å². The number of rotatable bonds is 3. The maximum absolute atomic E-state index is 4.43. The fraction of sp³-hybridized carbons (Fsp3) is 0.500. The van der Waals surface area contributed by atoms with E-state index < -0.39 is 0 Å². The van der Waals surface area contributed by atoms with Crippen molar-refractivity contribution >= 4 is 17.1 Å². The third-order valence-corrected chi connectivity index (χ3v) is 2.31. The Bertz CT molecular complexity index is 474. The second-order valence-corrected chi connectivity index (χ2v) is 3.37. The molecule has 2 rings (SSSR count). The molecule has 80 valence electrons. The van der Waals surface area contributed by atoms with Crippen LogP contribution in [0.1, 0.15) is 19.5 Å². The number of nitrogens with one attached hydrogen (secondary N) is 1. The first-order valence-electron chi connectivity index (χ1n) is 5.19. The number of nitrogens with zero attached hydrogens (tertiary/aromatic N) is 4. The Labute approximate surface area is 88.6 Å². The first kappa shape index (κ1) is 9.89. The number of anilines is 1. The summed E-state index contributed by atoms with van der Waals surface area (Å²) >= 11 is 0. The average molecular weight is 205 g/mol. The van der Waals surface area contributed by atoms with Crippen LogP contribution >= 0.6 is 0 Å². The third-order valence-electron chi connectivity index (χ3n) is 2.31. The molecule has 0 aromatic carbocycles. The van der Waals surface area contributed by atoms with Crippen LogP contribution in [0.3, 0.4) is 0 Å². The summed E-state index contributed by atoms with van der Waals surface area (Å²) in [6.45, 7) is 7.76. The Morgan fingerprint density at radius 1 is 1.33 bits per heavy atom. The maximum Gasteiger partial charge on any atom is 0.225 e. The van der Waals surface area contributed by atoms with Crippen molar-refractivity contribution in [1.29, 1.82) is 0 Å². The lowest BCUT2D eigenvalue weighted by molar-refractivity contribution is 0.777. The predicted molar refractivity (Wildman–Crippen MR) is 59.9 cm³/mol. The average Bonchev–Trinajstić information content (AvgIpc) is 2.61. The predicted octanol–water partition coefficient (Wildman–Crippen LogP) is 1.59. The van der Waals surface area contributed by atoms with E-state index in [1.54, 1.807) is 0 Å². The van der Waals surface area contributed by atoms with Crippen molar-refractivity contribution in [3.05, 3.63) is 12.0 Å². The molecule has 0 bridgehead atoms. The van der Waals surface area contributed by atoms with Crippen LogP contribution in [0.25, 0.3) is 11.2 Å². The first-order chi connectivity index (χ1) is 7.26. The molecule has 15 heavy (non-hydrogen) atoms. The second-order valence-electron chi connectivity index (χ2n) is 3.37. The summed E-state index contributed by atoms with van der Waals surface area (Å²) in [4.78, 5) is 13.1. The topological polar surface area (TPSA) is 55.6 Å². The maximum atomic E-state index is 4.43. The van der Waals surface area contributed by atoms with E-state index in [2.05, 4.69) is 27.2 Å². The van der Waals surface area contributed by atoms with Crippen LogP contribution in [0.2, 0.25) is 0 Å². The number of fused-ring (bicyclic) bond motifs is 1. The van der Waals surface area contributed by atoms with E-state index in [9.17, 15) is 0 Å². The molecule has 0 aliphatic carbocycles. The van der Waals surface area contributed by atoms with Crippen LogP contribution in [-0.2, 0) is 6.54 Å². The van der Waals surface area contributed by atoms with E-state index >= 15 is 0 Å². The summed E-state index contributed by atoms with van der Waals surface area (Å²) in [6, 6.07) is 0. The Morgan fingerprint density at radius 2 is 2.13 bits per heavy atom. The lowest BCUT2D eigenvalue weighted by Crippen LogP contribution is -2.05. The number of hydrogen-bond donors (Lipinski definition) is 1. The molecule has 2 aromatic heterocycles. The van der Waals surface area contributed by atoms with E-state index in [4.69, 9.17) is 0 Å². The molecule has 0 fully saturated rings. The van der Waals surface area contributed by atoms with Gasteiger partial charge in [0.25, 0.3) is 0 Å². The Balaban J connectivity index is 2.60. The standard InChI is InChI=1S/C10H15N5/c1-4-11-10-13-7(3)8-9(14-10)15(5-2)6-12-8/h6H,4-5H2,1-3H3,(H,11,13,14). The molecule has 0 saturated carbocycles. The van der Waals surface area contributed by atoms with Gasteiger partial charge in [-0.25, -0.2) is 9.97 Å².